The highest BCUT2D eigenvalue weighted by molar-refractivity contribution is 6.31. The summed E-state index contributed by atoms with van der Waals surface area (Å²) in [5.74, 6) is 0. The Kier molecular flexibility index (Phi) is 2.39. The van der Waals surface area contributed by atoms with Crippen molar-refractivity contribution in [3.8, 4) is 6.07 Å². The molecule has 0 atom stereocenters. The Morgan fingerprint density at radius 2 is 2.07 bits per heavy atom. The van der Waals surface area contributed by atoms with Crippen molar-refractivity contribution in [3.05, 3.63) is 47.0 Å². The molecule has 2 heteroatoms. The van der Waals surface area contributed by atoms with Crippen LogP contribution in [0.15, 0.2) is 36.4 Å². The zero-order chi connectivity index (χ0) is 9.97. The van der Waals surface area contributed by atoms with Gasteiger partial charge in [-0.25, -0.2) is 0 Å². The molecule has 68 valence electrons. The molecule has 0 aliphatic carbocycles. The SMILES string of the molecule is N#CCc1cccc2ccc(Cl)cc12. The molecule has 0 saturated carbocycles. The second-order valence-corrected chi connectivity index (χ2v) is 3.55. The van der Waals surface area contributed by atoms with Crippen molar-refractivity contribution in [1.82, 2.24) is 0 Å². The number of nitriles is 1. The van der Waals surface area contributed by atoms with Gasteiger partial charge in [-0.1, -0.05) is 35.9 Å². The Morgan fingerprint density at radius 3 is 2.86 bits per heavy atom. The van der Waals surface area contributed by atoms with Crippen LogP contribution in [0.5, 0.6) is 0 Å². The normalized spacial score (nSPS) is 10.0. The van der Waals surface area contributed by atoms with Crippen LogP contribution in [0.1, 0.15) is 5.56 Å². The number of halogens is 1. The summed E-state index contributed by atoms with van der Waals surface area (Å²) >= 11 is 5.91. The van der Waals surface area contributed by atoms with E-state index in [1.165, 1.54) is 0 Å². The van der Waals surface area contributed by atoms with Gasteiger partial charge in [0.25, 0.3) is 0 Å². The Balaban J connectivity index is 2.72. The van der Waals surface area contributed by atoms with Gasteiger partial charge in [0.2, 0.25) is 0 Å². The molecule has 0 unspecified atom stereocenters. The molecule has 0 aliphatic heterocycles. The third-order valence-corrected chi connectivity index (χ3v) is 2.44. The zero-order valence-electron chi connectivity index (χ0n) is 7.50. The van der Waals surface area contributed by atoms with Crippen LogP contribution in [0, 0.1) is 11.3 Å². The maximum absolute atomic E-state index is 8.67. The third-order valence-electron chi connectivity index (χ3n) is 2.20. The summed E-state index contributed by atoms with van der Waals surface area (Å²) in [6.45, 7) is 0. The van der Waals surface area contributed by atoms with E-state index in [1.807, 2.05) is 36.4 Å². The van der Waals surface area contributed by atoms with Gasteiger partial charge in [-0.15, -0.1) is 0 Å². The maximum Gasteiger partial charge on any atom is 0.0669 e. The quantitative estimate of drug-likeness (QED) is 0.692. The van der Waals surface area contributed by atoms with Crippen LogP contribution in [0.25, 0.3) is 10.8 Å². The van der Waals surface area contributed by atoms with Gasteiger partial charge >= 0.3 is 0 Å². The Hall–Kier alpha value is -1.52. The fraction of sp³-hybridized carbons (Fsp3) is 0.0833. The van der Waals surface area contributed by atoms with Crippen LogP contribution in [-0.4, -0.2) is 0 Å². The molecule has 0 saturated heterocycles. The maximum atomic E-state index is 8.67. The average molecular weight is 202 g/mol. The van der Waals surface area contributed by atoms with Gasteiger partial charge in [0.1, 0.15) is 0 Å². The summed E-state index contributed by atoms with van der Waals surface area (Å²) in [6.07, 6.45) is 0.428. The molecule has 2 aromatic carbocycles. The predicted octanol–water partition coefficient (Wildman–Crippen LogP) is 3.56. The molecule has 0 aromatic heterocycles. The molecule has 0 amide bonds. The van der Waals surface area contributed by atoms with Crippen LogP contribution in [0.4, 0.5) is 0 Å². The fourth-order valence-corrected chi connectivity index (χ4v) is 1.72. The van der Waals surface area contributed by atoms with Crippen molar-refractivity contribution < 1.29 is 0 Å². The van der Waals surface area contributed by atoms with Crippen LogP contribution < -0.4 is 0 Å². The van der Waals surface area contributed by atoms with Gasteiger partial charge in [-0.05, 0) is 28.5 Å². The van der Waals surface area contributed by atoms with Gasteiger partial charge in [-0.3, -0.25) is 0 Å². The summed E-state index contributed by atoms with van der Waals surface area (Å²) in [4.78, 5) is 0. The van der Waals surface area contributed by atoms with Crippen molar-refractivity contribution >= 4 is 22.4 Å². The van der Waals surface area contributed by atoms with Gasteiger partial charge in [0.15, 0.2) is 0 Å². The van der Waals surface area contributed by atoms with E-state index in [0.29, 0.717) is 11.4 Å². The molecule has 2 rings (SSSR count). The fourth-order valence-electron chi connectivity index (χ4n) is 1.55. The van der Waals surface area contributed by atoms with E-state index in [2.05, 4.69) is 6.07 Å². The molecule has 0 radical (unpaired) electrons. The Morgan fingerprint density at radius 1 is 1.21 bits per heavy atom. The van der Waals surface area contributed by atoms with Crippen molar-refractivity contribution in [2.75, 3.05) is 0 Å². The molecule has 0 heterocycles. The third kappa shape index (κ3) is 1.57. The number of rotatable bonds is 1. The number of benzene rings is 2. The van der Waals surface area contributed by atoms with E-state index in [4.69, 9.17) is 16.9 Å². The smallest absolute Gasteiger partial charge is 0.0669 e. The van der Waals surface area contributed by atoms with Crippen LogP contribution in [-0.2, 0) is 6.42 Å². The van der Waals surface area contributed by atoms with E-state index >= 15 is 0 Å². The minimum atomic E-state index is 0.428. The first-order valence-electron chi connectivity index (χ1n) is 4.35. The van der Waals surface area contributed by atoms with E-state index in [1.54, 1.807) is 0 Å². The molecule has 1 nitrogen and oxygen atoms in total. The summed E-state index contributed by atoms with van der Waals surface area (Å²) in [7, 11) is 0. The first-order valence-corrected chi connectivity index (χ1v) is 4.73. The minimum absolute atomic E-state index is 0.428. The number of hydrogen-bond acceptors (Lipinski definition) is 1. The highest BCUT2D eigenvalue weighted by Gasteiger charge is 2.00. The zero-order valence-corrected chi connectivity index (χ0v) is 8.25. The topological polar surface area (TPSA) is 23.8 Å². The van der Waals surface area contributed by atoms with E-state index in [9.17, 15) is 0 Å². The summed E-state index contributed by atoms with van der Waals surface area (Å²) in [5.41, 5.74) is 1.03. The molecule has 0 aliphatic rings. The van der Waals surface area contributed by atoms with Gasteiger partial charge in [0, 0.05) is 5.02 Å². The molecule has 0 spiro atoms. The molecule has 0 N–H and O–H groups in total. The molecule has 0 bridgehead atoms. The van der Waals surface area contributed by atoms with Crippen LogP contribution >= 0.6 is 11.6 Å². The van der Waals surface area contributed by atoms with Crippen molar-refractivity contribution in [1.29, 1.82) is 5.26 Å². The lowest BCUT2D eigenvalue weighted by molar-refractivity contribution is 1.29. The second kappa shape index (κ2) is 3.69. The van der Waals surface area contributed by atoms with E-state index in [-0.39, 0.29) is 0 Å². The standard InChI is InChI=1S/C12H8ClN/c13-11-5-4-9-2-1-3-10(6-7-14)12(9)8-11/h1-5,8H,6H2. The minimum Gasteiger partial charge on any atom is -0.198 e. The lowest BCUT2D eigenvalue weighted by Crippen LogP contribution is -1.84. The first-order chi connectivity index (χ1) is 6.81. The molecule has 14 heavy (non-hydrogen) atoms. The monoisotopic (exact) mass is 201 g/mol. The Labute approximate surface area is 87.5 Å². The lowest BCUT2D eigenvalue weighted by atomic mass is 10.0. The van der Waals surface area contributed by atoms with Crippen molar-refractivity contribution in [3.63, 3.8) is 0 Å². The number of hydrogen-bond donors (Lipinski definition) is 0. The Bertz CT molecular complexity index is 511. The highest BCUT2D eigenvalue weighted by Crippen LogP contribution is 2.22. The highest BCUT2D eigenvalue weighted by atomic mass is 35.5. The molecule has 0 fully saturated rings. The number of nitrogens with zero attached hydrogens (tertiary/aromatic N) is 1. The van der Waals surface area contributed by atoms with Gasteiger partial charge in [0.05, 0.1) is 12.5 Å². The molecular formula is C12H8ClN. The summed E-state index contributed by atoms with van der Waals surface area (Å²) in [6, 6.07) is 13.8. The summed E-state index contributed by atoms with van der Waals surface area (Å²) in [5, 5.41) is 11.6. The molecular weight excluding hydrogens is 194 g/mol. The average Bonchev–Trinajstić information content (AvgIpc) is 2.19. The second-order valence-electron chi connectivity index (χ2n) is 3.12. The van der Waals surface area contributed by atoms with Gasteiger partial charge < -0.3 is 0 Å². The van der Waals surface area contributed by atoms with E-state index in [0.717, 1.165) is 16.3 Å². The van der Waals surface area contributed by atoms with Crippen molar-refractivity contribution in [2.45, 2.75) is 6.42 Å². The van der Waals surface area contributed by atoms with Crippen LogP contribution in [0.3, 0.4) is 0 Å². The van der Waals surface area contributed by atoms with E-state index < -0.39 is 0 Å². The molecule has 2 aromatic rings. The summed E-state index contributed by atoms with van der Waals surface area (Å²) < 4.78 is 0. The van der Waals surface area contributed by atoms with Gasteiger partial charge in [-0.2, -0.15) is 5.26 Å². The van der Waals surface area contributed by atoms with Crippen molar-refractivity contribution in [2.24, 2.45) is 0 Å². The lowest BCUT2D eigenvalue weighted by Gasteiger charge is -2.02. The largest absolute Gasteiger partial charge is 0.198 e. The predicted molar refractivity (Wildman–Crippen MR) is 58.3 cm³/mol. The number of fused-ring (bicyclic) bond motifs is 1. The first kappa shape index (κ1) is 9.05. The van der Waals surface area contributed by atoms with Crippen LogP contribution in [0.2, 0.25) is 5.02 Å².